The van der Waals surface area contributed by atoms with E-state index in [1.165, 1.54) is 5.56 Å². The number of hydrogen-bond donors (Lipinski definition) is 2. The second-order valence-corrected chi connectivity index (χ2v) is 7.34. The number of hydrogen-bond acceptors (Lipinski definition) is 4. The summed E-state index contributed by atoms with van der Waals surface area (Å²) in [6, 6.07) is 6.00. The number of amides is 1. The molecule has 0 atom stereocenters. The van der Waals surface area contributed by atoms with Crippen molar-refractivity contribution >= 4 is 24.0 Å². The van der Waals surface area contributed by atoms with Crippen molar-refractivity contribution in [2.24, 2.45) is 5.73 Å². The molecule has 1 fully saturated rings. The van der Waals surface area contributed by atoms with Gasteiger partial charge in [-0.2, -0.15) is 0 Å². The molecule has 0 aliphatic carbocycles. The van der Waals surface area contributed by atoms with E-state index in [4.69, 9.17) is 5.73 Å². The van der Waals surface area contributed by atoms with Gasteiger partial charge in [0.25, 0.3) is 0 Å². The lowest BCUT2D eigenvalue weighted by atomic mass is 10.1. The van der Waals surface area contributed by atoms with E-state index >= 15 is 0 Å². The average Bonchev–Trinajstić information content (AvgIpc) is 2.44. The third kappa shape index (κ3) is 6.40. The molecule has 3 N–H and O–H groups in total. The molecule has 1 aromatic rings. The SMILES string of the molecule is Cc1cccc(NC(=O)CN2CCN(CC(C)(C)N)CC2)c1C.Cl. The molecular weight excluding hydrogens is 324 g/mol. The van der Waals surface area contributed by atoms with Crippen LogP contribution in [-0.2, 0) is 4.79 Å². The quantitative estimate of drug-likeness (QED) is 0.849. The number of halogens is 1. The number of benzene rings is 1. The Morgan fingerprint density at radius 2 is 1.75 bits per heavy atom. The number of carbonyl (C=O) groups excluding carboxylic acids is 1. The summed E-state index contributed by atoms with van der Waals surface area (Å²) in [5, 5.41) is 3.03. The minimum Gasteiger partial charge on any atom is -0.325 e. The zero-order chi connectivity index (χ0) is 17.0. The molecule has 1 aromatic carbocycles. The van der Waals surface area contributed by atoms with Crippen LogP contribution in [0.15, 0.2) is 18.2 Å². The van der Waals surface area contributed by atoms with Gasteiger partial charge in [-0.05, 0) is 44.9 Å². The van der Waals surface area contributed by atoms with E-state index in [1.807, 2.05) is 19.1 Å². The highest BCUT2D eigenvalue weighted by Crippen LogP contribution is 2.18. The zero-order valence-electron chi connectivity index (χ0n) is 15.3. The van der Waals surface area contributed by atoms with Gasteiger partial charge in [0.1, 0.15) is 0 Å². The van der Waals surface area contributed by atoms with Gasteiger partial charge in [0.2, 0.25) is 5.91 Å². The molecule has 136 valence electrons. The number of carbonyl (C=O) groups is 1. The Labute approximate surface area is 152 Å². The van der Waals surface area contributed by atoms with Crippen LogP contribution in [0.3, 0.4) is 0 Å². The van der Waals surface area contributed by atoms with Gasteiger partial charge >= 0.3 is 0 Å². The maximum atomic E-state index is 12.3. The lowest BCUT2D eigenvalue weighted by Crippen LogP contribution is -2.53. The van der Waals surface area contributed by atoms with Gasteiger partial charge in [0, 0.05) is 44.0 Å². The highest BCUT2D eigenvalue weighted by Gasteiger charge is 2.22. The van der Waals surface area contributed by atoms with E-state index in [0.29, 0.717) is 6.54 Å². The number of nitrogens with one attached hydrogen (secondary N) is 1. The summed E-state index contributed by atoms with van der Waals surface area (Å²) in [5.74, 6) is 0.0614. The van der Waals surface area contributed by atoms with Crippen molar-refractivity contribution in [1.29, 1.82) is 0 Å². The zero-order valence-corrected chi connectivity index (χ0v) is 16.1. The highest BCUT2D eigenvalue weighted by molar-refractivity contribution is 5.93. The van der Waals surface area contributed by atoms with Crippen molar-refractivity contribution in [3.05, 3.63) is 29.3 Å². The van der Waals surface area contributed by atoms with Gasteiger partial charge in [-0.1, -0.05) is 12.1 Å². The summed E-state index contributed by atoms with van der Waals surface area (Å²) in [6.07, 6.45) is 0. The first-order chi connectivity index (χ1) is 10.7. The van der Waals surface area contributed by atoms with Crippen molar-refractivity contribution in [1.82, 2.24) is 9.80 Å². The average molecular weight is 355 g/mol. The second-order valence-electron chi connectivity index (χ2n) is 7.34. The predicted molar refractivity (Wildman–Crippen MR) is 103 cm³/mol. The molecule has 5 nitrogen and oxygen atoms in total. The number of rotatable bonds is 5. The smallest absolute Gasteiger partial charge is 0.238 e. The first-order valence-corrected chi connectivity index (χ1v) is 8.34. The molecule has 6 heteroatoms. The number of nitrogens with two attached hydrogens (primary N) is 1. The van der Waals surface area contributed by atoms with Crippen LogP contribution >= 0.6 is 12.4 Å². The van der Waals surface area contributed by atoms with Gasteiger partial charge in [-0.3, -0.25) is 14.6 Å². The Bertz CT molecular complexity index is 548. The van der Waals surface area contributed by atoms with Crippen LogP contribution in [-0.4, -0.2) is 60.5 Å². The first-order valence-electron chi connectivity index (χ1n) is 8.34. The number of anilines is 1. The second kappa shape index (κ2) is 8.81. The fraction of sp³-hybridized carbons (Fsp3) is 0.611. The lowest BCUT2D eigenvalue weighted by Gasteiger charge is -2.37. The van der Waals surface area contributed by atoms with Gasteiger partial charge in [0.15, 0.2) is 0 Å². The molecular formula is C18H31ClN4O. The minimum absolute atomic E-state index is 0. The molecule has 0 unspecified atom stereocenters. The summed E-state index contributed by atoms with van der Waals surface area (Å²) >= 11 is 0. The molecule has 1 heterocycles. The molecule has 1 aliphatic rings. The van der Waals surface area contributed by atoms with Crippen LogP contribution in [0.2, 0.25) is 0 Å². The van der Waals surface area contributed by atoms with Crippen LogP contribution in [0.25, 0.3) is 0 Å². The van der Waals surface area contributed by atoms with Crippen molar-refractivity contribution in [2.45, 2.75) is 33.2 Å². The van der Waals surface area contributed by atoms with E-state index in [1.54, 1.807) is 0 Å². The summed E-state index contributed by atoms with van der Waals surface area (Å²) in [4.78, 5) is 16.9. The maximum Gasteiger partial charge on any atom is 0.238 e. The molecule has 0 radical (unpaired) electrons. The van der Waals surface area contributed by atoms with Crippen LogP contribution < -0.4 is 11.1 Å². The molecule has 2 rings (SSSR count). The fourth-order valence-electron chi connectivity index (χ4n) is 2.96. The standard InChI is InChI=1S/C18H30N4O.ClH/c1-14-6-5-7-16(15(14)2)20-17(23)12-21-8-10-22(11-9-21)13-18(3,4)19;/h5-7H,8-13,19H2,1-4H3,(H,20,23);1H. The monoisotopic (exact) mass is 354 g/mol. The van der Waals surface area contributed by atoms with Gasteiger partial charge in [0.05, 0.1) is 6.54 Å². The molecule has 24 heavy (non-hydrogen) atoms. The first kappa shape index (κ1) is 20.9. The van der Waals surface area contributed by atoms with Crippen molar-refractivity contribution in [3.8, 4) is 0 Å². The fourth-order valence-corrected chi connectivity index (χ4v) is 2.96. The molecule has 1 aliphatic heterocycles. The molecule has 0 aromatic heterocycles. The highest BCUT2D eigenvalue weighted by atomic mass is 35.5. The van der Waals surface area contributed by atoms with E-state index in [0.717, 1.165) is 44.0 Å². The number of aryl methyl sites for hydroxylation is 1. The van der Waals surface area contributed by atoms with Crippen molar-refractivity contribution in [3.63, 3.8) is 0 Å². The van der Waals surface area contributed by atoms with Gasteiger partial charge in [-0.25, -0.2) is 0 Å². The Kier molecular flexibility index (Phi) is 7.67. The predicted octanol–water partition coefficient (Wildman–Crippen LogP) is 2.02. The number of nitrogens with zero attached hydrogens (tertiary/aromatic N) is 2. The third-order valence-electron chi connectivity index (χ3n) is 4.34. The molecule has 0 saturated carbocycles. The Hall–Kier alpha value is -1.14. The topological polar surface area (TPSA) is 61.6 Å². The Balaban J connectivity index is 0.00000288. The van der Waals surface area contributed by atoms with E-state index in [2.05, 4.69) is 42.0 Å². The maximum absolute atomic E-state index is 12.3. The van der Waals surface area contributed by atoms with E-state index in [9.17, 15) is 4.79 Å². The summed E-state index contributed by atoms with van der Waals surface area (Å²) in [7, 11) is 0. The minimum atomic E-state index is -0.164. The summed E-state index contributed by atoms with van der Waals surface area (Å²) < 4.78 is 0. The normalized spacial score (nSPS) is 16.5. The molecule has 0 spiro atoms. The number of piperazine rings is 1. The van der Waals surface area contributed by atoms with Gasteiger partial charge < -0.3 is 11.1 Å². The largest absolute Gasteiger partial charge is 0.325 e. The van der Waals surface area contributed by atoms with E-state index < -0.39 is 0 Å². The Morgan fingerprint density at radius 1 is 1.17 bits per heavy atom. The van der Waals surface area contributed by atoms with Crippen LogP contribution in [0.4, 0.5) is 5.69 Å². The van der Waals surface area contributed by atoms with Crippen molar-refractivity contribution < 1.29 is 4.79 Å². The summed E-state index contributed by atoms with van der Waals surface area (Å²) in [5.41, 5.74) is 9.16. The van der Waals surface area contributed by atoms with Gasteiger partial charge in [-0.15, -0.1) is 12.4 Å². The van der Waals surface area contributed by atoms with Crippen LogP contribution in [0.1, 0.15) is 25.0 Å². The molecule has 0 bridgehead atoms. The lowest BCUT2D eigenvalue weighted by molar-refractivity contribution is -0.117. The van der Waals surface area contributed by atoms with Crippen LogP contribution in [0.5, 0.6) is 0 Å². The molecule has 1 saturated heterocycles. The van der Waals surface area contributed by atoms with Crippen LogP contribution in [0, 0.1) is 13.8 Å². The molecule has 1 amide bonds. The van der Waals surface area contributed by atoms with Crippen molar-refractivity contribution in [2.75, 3.05) is 44.6 Å². The third-order valence-corrected chi connectivity index (χ3v) is 4.34. The summed E-state index contributed by atoms with van der Waals surface area (Å²) in [6.45, 7) is 13.3. The van der Waals surface area contributed by atoms with E-state index in [-0.39, 0.29) is 23.9 Å². The Morgan fingerprint density at radius 3 is 2.33 bits per heavy atom.